The summed E-state index contributed by atoms with van der Waals surface area (Å²) < 4.78 is 10.6. The maximum absolute atomic E-state index is 11.6. The molecule has 5 heteroatoms. The van der Waals surface area contributed by atoms with Gasteiger partial charge in [0.1, 0.15) is 5.60 Å². The molecule has 1 unspecified atom stereocenters. The molecule has 104 valence electrons. The standard InChI is InChI=1S/C13H23NO4/c1-13(2,3)18-12(16)14-10(9-15)8-11-6-4-5-7-17-11/h4-5,10-11,15H,6-9H2,1-3H3,(H,14,16)/t10-,11?/m0/s1. The minimum absolute atomic E-state index is 0.0436. The van der Waals surface area contributed by atoms with E-state index in [4.69, 9.17) is 9.47 Å². The van der Waals surface area contributed by atoms with Crippen LogP contribution in [0.1, 0.15) is 33.6 Å². The van der Waals surface area contributed by atoms with Crippen LogP contribution in [0.3, 0.4) is 0 Å². The predicted molar refractivity (Wildman–Crippen MR) is 68.4 cm³/mol. The number of rotatable bonds is 4. The van der Waals surface area contributed by atoms with Crippen molar-refractivity contribution in [2.45, 2.75) is 51.4 Å². The summed E-state index contributed by atoms with van der Waals surface area (Å²) in [4.78, 5) is 11.6. The summed E-state index contributed by atoms with van der Waals surface area (Å²) in [5.41, 5.74) is -0.534. The topological polar surface area (TPSA) is 67.8 Å². The normalized spacial score (nSPS) is 21.4. The highest BCUT2D eigenvalue weighted by Gasteiger charge is 2.22. The Morgan fingerprint density at radius 2 is 2.28 bits per heavy atom. The van der Waals surface area contributed by atoms with Gasteiger partial charge < -0.3 is 19.9 Å². The summed E-state index contributed by atoms with van der Waals surface area (Å²) >= 11 is 0. The van der Waals surface area contributed by atoms with Crippen molar-refractivity contribution in [2.75, 3.05) is 13.2 Å². The van der Waals surface area contributed by atoms with Crippen molar-refractivity contribution in [2.24, 2.45) is 0 Å². The van der Waals surface area contributed by atoms with E-state index in [-0.39, 0.29) is 18.8 Å². The fourth-order valence-corrected chi connectivity index (χ4v) is 1.71. The van der Waals surface area contributed by atoms with Crippen molar-refractivity contribution in [3.63, 3.8) is 0 Å². The Morgan fingerprint density at radius 3 is 2.78 bits per heavy atom. The molecule has 5 nitrogen and oxygen atoms in total. The van der Waals surface area contributed by atoms with E-state index in [1.807, 2.05) is 6.08 Å². The van der Waals surface area contributed by atoms with E-state index in [1.165, 1.54) is 0 Å². The number of aliphatic hydroxyl groups excluding tert-OH is 1. The third kappa shape index (κ3) is 6.02. The van der Waals surface area contributed by atoms with Crippen LogP contribution in [0.2, 0.25) is 0 Å². The number of aliphatic hydroxyl groups is 1. The molecule has 0 fully saturated rings. The van der Waals surface area contributed by atoms with E-state index < -0.39 is 11.7 Å². The van der Waals surface area contributed by atoms with Gasteiger partial charge in [0.15, 0.2) is 0 Å². The molecule has 2 N–H and O–H groups in total. The maximum atomic E-state index is 11.6. The van der Waals surface area contributed by atoms with Crippen LogP contribution in [0.5, 0.6) is 0 Å². The third-order valence-electron chi connectivity index (χ3n) is 2.48. The molecule has 0 bridgehead atoms. The Hall–Kier alpha value is -1.07. The molecular weight excluding hydrogens is 234 g/mol. The molecule has 2 atom stereocenters. The highest BCUT2D eigenvalue weighted by molar-refractivity contribution is 5.68. The Labute approximate surface area is 108 Å². The smallest absolute Gasteiger partial charge is 0.407 e. The molecule has 1 rings (SSSR count). The molecule has 1 aliphatic heterocycles. The van der Waals surface area contributed by atoms with Crippen molar-refractivity contribution >= 4 is 6.09 Å². The van der Waals surface area contributed by atoms with Gasteiger partial charge in [-0.2, -0.15) is 0 Å². The number of nitrogens with one attached hydrogen (secondary N) is 1. The van der Waals surface area contributed by atoms with Crippen LogP contribution in [0.15, 0.2) is 12.2 Å². The molecule has 0 aromatic rings. The summed E-state index contributed by atoms with van der Waals surface area (Å²) in [6, 6.07) is -0.337. The number of amides is 1. The van der Waals surface area contributed by atoms with Crippen LogP contribution in [0.4, 0.5) is 4.79 Å². The fraction of sp³-hybridized carbons (Fsp3) is 0.769. The van der Waals surface area contributed by atoms with Crippen LogP contribution in [0.25, 0.3) is 0 Å². The minimum atomic E-state index is -0.534. The van der Waals surface area contributed by atoms with Crippen LogP contribution in [0, 0.1) is 0 Å². The summed E-state index contributed by atoms with van der Waals surface area (Å²) in [5.74, 6) is 0. The zero-order valence-electron chi connectivity index (χ0n) is 11.3. The lowest BCUT2D eigenvalue weighted by Crippen LogP contribution is -2.43. The van der Waals surface area contributed by atoms with Crippen LogP contribution in [-0.2, 0) is 9.47 Å². The van der Waals surface area contributed by atoms with E-state index in [9.17, 15) is 9.90 Å². The molecule has 0 saturated carbocycles. The number of hydrogen-bond donors (Lipinski definition) is 2. The molecule has 1 aliphatic rings. The first-order chi connectivity index (χ1) is 8.40. The van der Waals surface area contributed by atoms with E-state index in [1.54, 1.807) is 20.8 Å². The van der Waals surface area contributed by atoms with Crippen molar-refractivity contribution in [3.05, 3.63) is 12.2 Å². The molecule has 0 radical (unpaired) electrons. The molecule has 0 saturated heterocycles. The highest BCUT2D eigenvalue weighted by Crippen LogP contribution is 2.13. The minimum Gasteiger partial charge on any atom is -0.444 e. The molecule has 1 amide bonds. The van der Waals surface area contributed by atoms with Gasteiger partial charge in [0.25, 0.3) is 0 Å². The zero-order chi connectivity index (χ0) is 13.6. The average Bonchev–Trinajstić information content (AvgIpc) is 2.27. The summed E-state index contributed by atoms with van der Waals surface area (Å²) in [6.45, 7) is 5.87. The van der Waals surface area contributed by atoms with Crippen molar-refractivity contribution < 1.29 is 19.4 Å². The van der Waals surface area contributed by atoms with Gasteiger partial charge in [-0.05, 0) is 33.6 Å². The Balaban J connectivity index is 2.36. The van der Waals surface area contributed by atoms with Crippen LogP contribution in [-0.4, -0.2) is 42.2 Å². The molecule has 0 aromatic carbocycles. The number of carbonyl (C=O) groups is 1. The summed E-state index contributed by atoms with van der Waals surface area (Å²) in [7, 11) is 0. The number of alkyl carbamates (subject to hydrolysis) is 1. The first-order valence-corrected chi connectivity index (χ1v) is 6.27. The van der Waals surface area contributed by atoms with Gasteiger partial charge in [-0.3, -0.25) is 0 Å². The molecule has 0 aliphatic carbocycles. The monoisotopic (exact) mass is 257 g/mol. The summed E-state index contributed by atoms with van der Waals surface area (Å²) in [5, 5.41) is 11.9. The van der Waals surface area contributed by atoms with E-state index in [0.717, 1.165) is 6.42 Å². The predicted octanol–water partition coefficient (Wildman–Crippen LogP) is 1.61. The number of carbonyl (C=O) groups excluding carboxylic acids is 1. The summed E-state index contributed by atoms with van der Waals surface area (Å²) in [6.07, 6.45) is 4.95. The van der Waals surface area contributed by atoms with Crippen LogP contribution < -0.4 is 5.32 Å². The molecule has 1 heterocycles. The lowest BCUT2D eigenvalue weighted by molar-refractivity contribution is 0.0330. The van der Waals surface area contributed by atoms with E-state index >= 15 is 0 Å². The zero-order valence-corrected chi connectivity index (χ0v) is 11.3. The molecular formula is C13H23NO4. The second kappa shape index (κ2) is 6.75. The van der Waals surface area contributed by atoms with Gasteiger partial charge in [0.05, 0.1) is 25.4 Å². The van der Waals surface area contributed by atoms with Gasteiger partial charge in [0, 0.05) is 0 Å². The third-order valence-corrected chi connectivity index (χ3v) is 2.48. The van der Waals surface area contributed by atoms with Gasteiger partial charge in [-0.25, -0.2) is 4.79 Å². The first-order valence-electron chi connectivity index (χ1n) is 6.27. The Kier molecular flexibility index (Phi) is 5.62. The van der Waals surface area contributed by atoms with Crippen LogP contribution >= 0.6 is 0 Å². The molecule has 18 heavy (non-hydrogen) atoms. The lowest BCUT2D eigenvalue weighted by atomic mass is 10.1. The van der Waals surface area contributed by atoms with Crippen molar-refractivity contribution in [3.8, 4) is 0 Å². The Morgan fingerprint density at radius 1 is 1.56 bits per heavy atom. The molecule has 0 spiro atoms. The number of ether oxygens (including phenoxy) is 2. The van der Waals surface area contributed by atoms with Crippen molar-refractivity contribution in [1.82, 2.24) is 5.32 Å². The fourth-order valence-electron chi connectivity index (χ4n) is 1.71. The second-order valence-corrected chi connectivity index (χ2v) is 5.42. The van der Waals surface area contributed by atoms with E-state index in [0.29, 0.717) is 13.0 Å². The maximum Gasteiger partial charge on any atom is 0.407 e. The quantitative estimate of drug-likeness (QED) is 0.751. The van der Waals surface area contributed by atoms with Gasteiger partial charge in [0.2, 0.25) is 0 Å². The largest absolute Gasteiger partial charge is 0.444 e. The first kappa shape index (κ1) is 15.0. The number of hydrogen-bond acceptors (Lipinski definition) is 4. The lowest BCUT2D eigenvalue weighted by Gasteiger charge is -2.26. The second-order valence-electron chi connectivity index (χ2n) is 5.42. The van der Waals surface area contributed by atoms with Gasteiger partial charge >= 0.3 is 6.09 Å². The SMILES string of the molecule is CC(C)(C)OC(=O)N[C@H](CO)CC1CC=CCO1. The molecule has 0 aromatic heterocycles. The van der Waals surface area contributed by atoms with Gasteiger partial charge in [-0.15, -0.1) is 0 Å². The van der Waals surface area contributed by atoms with E-state index in [2.05, 4.69) is 11.4 Å². The van der Waals surface area contributed by atoms with Gasteiger partial charge in [-0.1, -0.05) is 12.2 Å². The van der Waals surface area contributed by atoms with Crippen molar-refractivity contribution in [1.29, 1.82) is 0 Å². The average molecular weight is 257 g/mol. The highest BCUT2D eigenvalue weighted by atomic mass is 16.6. The Bertz CT molecular complexity index is 296.